The third kappa shape index (κ3) is 6.03. The van der Waals surface area contributed by atoms with Gasteiger partial charge in [0.1, 0.15) is 30.2 Å². The van der Waals surface area contributed by atoms with Crippen molar-refractivity contribution in [2.45, 2.75) is 32.5 Å². The molecule has 1 saturated heterocycles. The number of nitrogens with two attached hydrogens (primary N) is 1. The SMILES string of the molecule is C=Cc1c(N=C)ccc(Nc2ncnc3cc(/C(C=NC)=C/N)cc(OC4CCNCC4F)c23)c1F.CC. The monoisotopic (exact) mass is 521 g/mol. The van der Waals surface area contributed by atoms with Gasteiger partial charge < -0.3 is 21.1 Å². The summed E-state index contributed by atoms with van der Waals surface area (Å²) in [5.74, 6) is 0.0784. The lowest BCUT2D eigenvalue weighted by atomic mass is 10.0. The van der Waals surface area contributed by atoms with Gasteiger partial charge in [0, 0.05) is 37.1 Å². The number of piperidine rings is 1. The molecule has 2 aromatic carbocycles. The largest absolute Gasteiger partial charge is 0.486 e. The van der Waals surface area contributed by atoms with Crippen LogP contribution in [0.25, 0.3) is 22.6 Å². The molecule has 3 aromatic rings. The van der Waals surface area contributed by atoms with Crippen molar-refractivity contribution in [3.8, 4) is 5.75 Å². The van der Waals surface area contributed by atoms with Crippen LogP contribution in [0, 0.1) is 5.82 Å². The van der Waals surface area contributed by atoms with E-state index < -0.39 is 18.1 Å². The van der Waals surface area contributed by atoms with E-state index in [0.29, 0.717) is 52.3 Å². The standard InChI is InChI=1S/C26H27F2N7O.C2H6/c1-4-17-19(31-3)5-6-20(25(17)28)35-26-24-21(33-14-34-26)9-15(16(11-29)12-30-2)10-23(24)36-22-7-8-32-13-18(22)27;1-2/h4-6,9-12,14,18,22,32H,1,3,7-8,13,29H2,2H3,(H,33,34,35);1-2H3/b16-11+,30-12?;. The predicted molar refractivity (Wildman–Crippen MR) is 153 cm³/mol. The van der Waals surface area contributed by atoms with E-state index >= 15 is 4.39 Å². The van der Waals surface area contributed by atoms with Gasteiger partial charge >= 0.3 is 0 Å². The first kappa shape index (κ1) is 28.4. The number of hydrogen-bond donors (Lipinski definition) is 3. The van der Waals surface area contributed by atoms with Crippen LogP contribution in [-0.2, 0) is 0 Å². The van der Waals surface area contributed by atoms with Crippen molar-refractivity contribution in [3.05, 3.63) is 60.3 Å². The molecule has 38 heavy (non-hydrogen) atoms. The Morgan fingerprint density at radius 3 is 2.74 bits per heavy atom. The van der Waals surface area contributed by atoms with Crippen LogP contribution in [0.5, 0.6) is 5.75 Å². The van der Waals surface area contributed by atoms with Crippen LogP contribution in [0.3, 0.4) is 0 Å². The first-order valence-corrected chi connectivity index (χ1v) is 12.3. The predicted octanol–water partition coefficient (Wildman–Crippen LogP) is 5.59. The summed E-state index contributed by atoms with van der Waals surface area (Å²) in [6.45, 7) is 12.0. The topological polar surface area (TPSA) is 110 Å². The molecule has 10 heteroatoms. The lowest BCUT2D eigenvalue weighted by Crippen LogP contribution is -2.44. The van der Waals surface area contributed by atoms with Gasteiger partial charge in [0.05, 0.1) is 22.3 Å². The lowest BCUT2D eigenvalue weighted by molar-refractivity contribution is 0.0744. The second-order valence-electron chi connectivity index (χ2n) is 8.11. The molecule has 4 N–H and O–H groups in total. The Balaban J connectivity index is 0.00000195. The minimum atomic E-state index is -1.20. The van der Waals surface area contributed by atoms with Gasteiger partial charge in [-0.15, -0.1) is 0 Å². The molecule has 0 radical (unpaired) electrons. The zero-order chi connectivity index (χ0) is 27.7. The van der Waals surface area contributed by atoms with Crippen molar-refractivity contribution in [2.75, 3.05) is 25.5 Å². The number of aliphatic imine (C=N–C) groups is 2. The second-order valence-corrected chi connectivity index (χ2v) is 8.11. The minimum absolute atomic E-state index is 0.151. The molecule has 8 nitrogen and oxygen atoms in total. The summed E-state index contributed by atoms with van der Waals surface area (Å²) >= 11 is 0. The molecule has 200 valence electrons. The van der Waals surface area contributed by atoms with Crippen LogP contribution in [0.15, 0.2) is 53.4 Å². The van der Waals surface area contributed by atoms with Crippen molar-refractivity contribution in [2.24, 2.45) is 15.7 Å². The number of anilines is 2. The van der Waals surface area contributed by atoms with E-state index in [2.05, 4.69) is 43.9 Å². The molecule has 1 aliphatic rings. The summed E-state index contributed by atoms with van der Waals surface area (Å²) in [6.07, 6.45) is 4.35. The Hall–Kier alpha value is -4.18. The fraction of sp³-hybridized carbons (Fsp3) is 0.286. The molecule has 2 unspecified atom stereocenters. The van der Waals surface area contributed by atoms with E-state index in [4.69, 9.17) is 10.5 Å². The van der Waals surface area contributed by atoms with E-state index in [1.807, 2.05) is 13.8 Å². The zero-order valence-electron chi connectivity index (χ0n) is 21.8. The van der Waals surface area contributed by atoms with Crippen LogP contribution < -0.4 is 21.1 Å². The average Bonchev–Trinajstić information content (AvgIpc) is 2.94. The number of alkyl halides is 1. The summed E-state index contributed by atoms with van der Waals surface area (Å²) in [5.41, 5.74) is 8.36. The van der Waals surface area contributed by atoms with Crippen molar-refractivity contribution in [1.29, 1.82) is 0 Å². The van der Waals surface area contributed by atoms with Crippen LogP contribution in [0.4, 0.5) is 26.0 Å². The van der Waals surface area contributed by atoms with Gasteiger partial charge in [-0.3, -0.25) is 9.98 Å². The summed E-state index contributed by atoms with van der Waals surface area (Å²) < 4.78 is 36.1. The first-order valence-electron chi connectivity index (χ1n) is 12.3. The normalized spacial score (nSPS) is 17.6. The maximum absolute atomic E-state index is 15.2. The van der Waals surface area contributed by atoms with Gasteiger partial charge in [0.2, 0.25) is 0 Å². The number of rotatable bonds is 8. The Morgan fingerprint density at radius 2 is 2.08 bits per heavy atom. The number of halogens is 2. The van der Waals surface area contributed by atoms with Crippen LogP contribution in [0.1, 0.15) is 31.4 Å². The fourth-order valence-corrected chi connectivity index (χ4v) is 4.09. The molecule has 1 aliphatic heterocycles. The molecular weight excluding hydrogens is 488 g/mol. The Kier molecular flexibility index (Phi) is 10.0. The highest BCUT2D eigenvalue weighted by Crippen LogP contribution is 2.37. The molecule has 4 rings (SSSR count). The van der Waals surface area contributed by atoms with Crippen LogP contribution >= 0.6 is 0 Å². The number of ether oxygens (including phenoxy) is 1. The minimum Gasteiger partial charge on any atom is -0.486 e. The third-order valence-electron chi connectivity index (χ3n) is 5.89. The van der Waals surface area contributed by atoms with E-state index in [1.54, 1.807) is 31.5 Å². The van der Waals surface area contributed by atoms with Gasteiger partial charge in [-0.05, 0) is 49.5 Å². The summed E-state index contributed by atoms with van der Waals surface area (Å²) in [4.78, 5) is 16.6. The number of allylic oxidation sites excluding steroid dienone is 1. The maximum Gasteiger partial charge on any atom is 0.156 e. The second kappa shape index (κ2) is 13.4. The average molecular weight is 522 g/mol. The number of benzene rings is 2. The number of hydrogen-bond acceptors (Lipinski definition) is 8. The van der Waals surface area contributed by atoms with Crippen LogP contribution in [0.2, 0.25) is 0 Å². The number of nitrogens with one attached hydrogen (secondary N) is 2. The van der Waals surface area contributed by atoms with E-state index in [-0.39, 0.29) is 17.8 Å². The molecule has 1 aromatic heterocycles. The Labute approximate surface area is 221 Å². The Bertz CT molecular complexity index is 1360. The summed E-state index contributed by atoms with van der Waals surface area (Å²) in [5, 5.41) is 6.52. The molecule has 1 fully saturated rings. The molecular formula is C28H33F2N7O. The summed E-state index contributed by atoms with van der Waals surface area (Å²) in [7, 11) is 1.63. The zero-order valence-corrected chi connectivity index (χ0v) is 21.8. The third-order valence-corrected chi connectivity index (χ3v) is 5.89. The Morgan fingerprint density at radius 1 is 1.29 bits per heavy atom. The van der Waals surface area contributed by atoms with E-state index in [0.717, 1.165) is 0 Å². The maximum atomic E-state index is 15.2. The molecule has 0 spiro atoms. The van der Waals surface area contributed by atoms with Crippen molar-refractivity contribution < 1.29 is 13.5 Å². The van der Waals surface area contributed by atoms with Gasteiger partial charge in [-0.25, -0.2) is 18.7 Å². The lowest BCUT2D eigenvalue weighted by Gasteiger charge is -2.28. The van der Waals surface area contributed by atoms with Crippen molar-refractivity contribution in [1.82, 2.24) is 15.3 Å². The highest BCUT2D eigenvalue weighted by atomic mass is 19.1. The number of aromatic nitrogens is 2. The first-order chi connectivity index (χ1) is 18.5. The van der Waals surface area contributed by atoms with E-state index in [1.165, 1.54) is 24.7 Å². The number of fused-ring (bicyclic) bond motifs is 1. The molecule has 0 aliphatic carbocycles. The highest BCUT2D eigenvalue weighted by molar-refractivity contribution is 6.11. The molecule has 2 atom stereocenters. The quantitative estimate of drug-likeness (QED) is 0.333. The van der Waals surface area contributed by atoms with Gasteiger partial charge in [-0.2, -0.15) is 0 Å². The van der Waals surface area contributed by atoms with Gasteiger partial charge in [0.25, 0.3) is 0 Å². The summed E-state index contributed by atoms with van der Waals surface area (Å²) in [6, 6.07) is 6.69. The molecule has 0 amide bonds. The highest BCUT2D eigenvalue weighted by Gasteiger charge is 2.28. The smallest absolute Gasteiger partial charge is 0.156 e. The molecule has 0 saturated carbocycles. The molecule has 0 bridgehead atoms. The fourth-order valence-electron chi connectivity index (χ4n) is 4.09. The van der Waals surface area contributed by atoms with Gasteiger partial charge in [0.15, 0.2) is 5.82 Å². The molecule has 2 heterocycles. The van der Waals surface area contributed by atoms with Crippen molar-refractivity contribution in [3.63, 3.8) is 0 Å². The van der Waals surface area contributed by atoms with E-state index in [9.17, 15) is 4.39 Å². The van der Waals surface area contributed by atoms with Crippen molar-refractivity contribution >= 4 is 52.7 Å². The van der Waals surface area contributed by atoms with Crippen LogP contribution in [-0.4, -0.2) is 55.3 Å². The van der Waals surface area contributed by atoms with Gasteiger partial charge in [-0.1, -0.05) is 26.5 Å². The number of nitrogens with zero attached hydrogens (tertiary/aromatic N) is 4.